The van der Waals surface area contributed by atoms with Crippen molar-refractivity contribution in [1.29, 1.82) is 0 Å². The minimum absolute atomic E-state index is 0.229. The van der Waals surface area contributed by atoms with Gasteiger partial charge in [-0.2, -0.15) is 0 Å². The number of aliphatic hydroxyl groups is 1. The molecule has 2 heteroatoms. The van der Waals surface area contributed by atoms with Crippen molar-refractivity contribution in [3.8, 4) is 0 Å². The first-order valence-corrected chi connectivity index (χ1v) is 4.29. The van der Waals surface area contributed by atoms with E-state index in [0.29, 0.717) is 0 Å². The molecular formula is C9H19NO. The van der Waals surface area contributed by atoms with Crippen LogP contribution in [0.1, 0.15) is 26.2 Å². The zero-order valence-electron chi connectivity index (χ0n) is 7.40. The van der Waals surface area contributed by atoms with E-state index in [1.165, 1.54) is 6.42 Å². The Morgan fingerprint density at radius 1 is 1.36 bits per heavy atom. The first kappa shape index (κ1) is 10.7. The Balaban J connectivity index is 3.04. The van der Waals surface area contributed by atoms with Crippen molar-refractivity contribution in [1.82, 2.24) is 5.32 Å². The van der Waals surface area contributed by atoms with Gasteiger partial charge in [0, 0.05) is 6.61 Å². The van der Waals surface area contributed by atoms with Crippen LogP contribution in [0, 0.1) is 0 Å². The lowest BCUT2D eigenvalue weighted by molar-refractivity contribution is 0.298. The zero-order valence-corrected chi connectivity index (χ0v) is 7.40. The second kappa shape index (κ2) is 7.76. The summed E-state index contributed by atoms with van der Waals surface area (Å²) >= 11 is 0. The van der Waals surface area contributed by atoms with Crippen LogP contribution in [0.2, 0.25) is 0 Å². The minimum atomic E-state index is 0.229. The molecular weight excluding hydrogens is 138 g/mol. The van der Waals surface area contributed by atoms with Crippen LogP contribution in [-0.4, -0.2) is 24.8 Å². The first-order valence-electron chi connectivity index (χ1n) is 4.29. The summed E-state index contributed by atoms with van der Waals surface area (Å²) in [6.07, 6.45) is 2.90. The quantitative estimate of drug-likeness (QED) is 0.431. The molecule has 0 fully saturated rings. The highest BCUT2D eigenvalue weighted by molar-refractivity contribution is 4.93. The molecule has 0 spiro atoms. The van der Waals surface area contributed by atoms with Crippen molar-refractivity contribution in [3.63, 3.8) is 0 Å². The smallest absolute Gasteiger partial charge is 0.0468 e. The lowest BCUT2D eigenvalue weighted by Crippen LogP contribution is -2.16. The average Bonchev–Trinajstić information content (AvgIpc) is 1.99. The van der Waals surface area contributed by atoms with E-state index in [-0.39, 0.29) is 6.61 Å². The van der Waals surface area contributed by atoms with Gasteiger partial charge in [-0.05, 0) is 32.4 Å². The third-order valence-electron chi connectivity index (χ3n) is 1.55. The number of aliphatic hydroxyl groups excluding tert-OH is 1. The Hall–Kier alpha value is -0.340. The van der Waals surface area contributed by atoms with Gasteiger partial charge < -0.3 is 10.4 Å². The lowest BCUT2D eigenvalue weighted by Gasteiger charge is -2.04. The summed E-state index contributed by atoms with van der Waals surface area (Å²) < 4.78 is 0. The third-order valence-corrected chi connectivity index (χ3v) is 1.55. The van der Waals surface area contributed by atoms with E-state index in [0.717, 1.165) is 31.5 Å². The molecule has 0 amide bonds. The normalized spacial score (nSPS) is 10.0. The highest BCUT2D eigenvalue weighted by atomic mass is 16.2. The Bertz CT molecular complexity index is 102. The van der Waals surface area contributed by atoms with E-state index >= 15 is 0 Å². The lowest BCUT2D eigenvalue weighted by atomic mass is 10.1. The molecule has 0 aliphatic carbocycles. The van der Waals surface area contributed by atoms with Gasteiger partial charge in [0.25, 0.3) is 0 Å². The molecule has 0 rings (SSSR count). The maximum atomic E-state index is 8.56. The van der Waals surface area contributed by atoms with Crippen LogP contribution in [0.5, 0.6) is 0 Å². The van der Waals surface area contributed by atoms with Crippen molar-refractivity contribution < 1.29 is 5.11 Å². The molecule has 0 radical (unpaired) electrons. The number of hydrogen-bond donors (Lipinski definition) is 2. The Kier molecular flexibility index (Phi) is 7.52. The molecule has 0 saturated carbocycles. The van der Waals surface area contributed by atoms with Gasteiger partial charge in [0.15, 0.2) is 0 Å². The predicted molar refractivity (Wildman–Crippen MR) is 48.6 cm³/mol. The summed E-state index contributed by atoms with van der Waals surface area (Å²) in [6.45, 7) is 8.29. The fourth-order valence-electron chi connectivity index (χ4n) is 0.850. The van der Waals surface area contributed by atoms with E-state index in [1.807, 2.05) is 0 Å². The molecule has 0 unspecified atom stereocenters. The molecule has 11 heavy (non-hydrogen) atoms. The molecule has 0 bridgehead atoms. The predicted octanol–water partition coefficient (Wildman–Crippen LogP) is 1.31. The van der Waals surface area contributed by atoms with Gasteiger partial charge in [-0.15, -0.1) is 0 Å². The molecule has 0 aromatic rings. The summed E-state index contributed by atoms with van der Waals surface area (Å²) in [5.74, 6) is 0. The number of hydrogen-bond acceptors (Lipinski definition) is 2. The van der Waals surface area contributed by atoms with Crippen LogP contribution >= 0.6 is 0 Å². The maximum Gasteiger partial charge on any atom is 0.0468 e. The van der Waals surface area contributed by atoms with Gasteiger partial charge in [0.05, 0.1) is 0 Å². The molecule has 2 nitrogen and oxygen atoms in total. The van der Waals surface area contributed by atoms with Gasteiger partial charge in [0.2, 0.25) is 0 Å². The Labute approximate surface area is 69.3 Å². The van der Waals surface area contributed by atoms with E-state index < -0.39 is 0 Å². The van der Waals surface area contributed by atoms with Crippen molar-refractivity contribution >= 4 is 0 Å². The Morgan fingerprint density at radius 3 is 2.64 bits per heavy atom. The molecule has 0 aliphatic rings. The largest absolute Gasteiger partial charge is 0.396 e. The molecule has 0 saturated heterocycles. The summed E-state index contributed by atoms with van der Waals surface area (Å²) in [6, 6.07) is 0. The van der Waals surface area contributed by atoms with Crippen molar-refractivity contribution in [2.45, 2.75) is 26.2 Å². The number of rotatable bonds is 7. The van der Waals surface area contributed by atoms with E-state index in [9.17, 15) is 0 Å². The van der Waals surface area contributed by atoms with Crippen LogP contribution in [-0.2, 0) is 0 Å². The third kappa shape index (κ3) is 7.56. The molecule has 0 atom stereocenters. The summed E-state index contributed by atoms with van der Waals surface area (Å²) in [5, 5.41) is 11.8. The highest BCUT2D eigenvalue weighted by Crippen LogP contribution is 2.00. The fourth-order valence-corrected chi connectivity index (χ4v) is 0.850. The average molecular weight is 157 g/mol. The van der Waals surface area contributed by atoms with Crippen LogP contribution in [0.3, 0.4) is 0 Å². The van der Waals surface area contributed by atoms with Crippen molar-refractivity contribution in [3.05, 3.63) is 12.2 Å². The monoisotopic (exact) mass is 157 g/mol. The Morgan fingerprint density at radius 2 is 2.09 bits per heavy atom. The van der Waals surface area contributed by atoms with Crippen LogP contribution in [0.4, 0.5) is 0 Å². The van der Waals surface area contributed by atoms with Gasteiger partial charge in [0.1, 0.15) is 0 Å². The minimum Gasteiger partial charge on any atom is -0.396 e. The van der Waals surface area contributed by atoms with Gasteiger partial charge in [-0.25, -0.2) is 0 Å². The van der Waals surface area contributed by atoms with Crippen molar-refractivity contribution in [2.75, 3.05) is 19.7 Å². The molecule has 2 N–H and O–H groups in total. The van der Waals surface area contributed by atoms with Crippen LogP contribution in [0.25, 0.3) is 0 Å². The van der Waals surface area contributed by atoms with Crippen molar-refractivity contribution in [2.24, 2.45) is 0 Å². The second-order valence-corrected chi connectivity index (χ2v) is 2.72. The molecule has 0 aromatic heterocycles. The summed E-state index contributed by atoms with van der Waals surface area (Å²) in [5.41, 5.74) is 1.14. The molecule has 0 heterocycles. The van der Waals surface area contributed by atoms with E-state index in [1.54, 1.807) is 0 Å². The van der Waals surface area contributed by atoms with Gasteiger partial charge in [-0.1, -0.05) is 19.1 Å². The van der Waals surface area contributed by atoms with E-state index in [2.05, 4.69) is 18.8 Å². The zero-order chi connectivity index (χ0) is 8.53. The standard InChI is InChI=1S/C9H19NO/c1-3-6-10-7-4-9(2)5-8-11/h10-11H,2-8H2,1H3. The molecule has 66 valence electrons. The molecule has 0 aliphatic heterocycles. The second-order valence-electron chi connectivity index (χ2n) is 2.72. The maximum absolute atomic E-state index is 8.56. The van der Waals surface area contributed by atoms with Crippen LogP contribution < -0.4 is 5.32 Å². The first-order chi connectivity index (χ1) is 5.31. The van der Waals surface area contributed by atoms with E-state index in [4.69, 9.17) is 5.11 Å². The van der Waals surface area contributed by atoms with Crippen LogP contribution in [0.15, 0.2) is 12.2 Å². The topological polar surface area (TPSA) is 32.3 Å². The number of nitrogens with one attached hydrogen (secondary N) is 1. The van der Waals surface area contributed by atoms with Gasteiger partial charge >= 0.3 is 0 Å². The summed E-state index contributed by atoms with van der Waals surface area (Å²) in [4.78, 5) is 0. The SMILES string of the molecule is C=C(CCO)CCNCCC. The highest BCUT2D eigenvalue weighted by Gasteiger charge is 1.92. The fraction of sp³-hybridized carbons (Fsp3) is 0.778. The summed E-state index contributed by atoms with van der Waals surface area (Å²) in [7, 11) is 0. The van der Waals surface area contributed by atoms with Gasteiger partial charge in [-0.3, -0.25) is 0 Å². The molecule has 0 aromatic carbocycles.